The third-order valence-corrected chi connectivity index (χ3v) is 3.53. The fraction of sp³-hybridized carbons (Fsp3) is 0.250. The van der Waals surface area contributed by atoms with Gasteiger partial charge in [0.25, 0.3) is 0 Å². The molecule has 0 bridgehead atoms. The normalized spacial score (nSPS) is 11.8. The van der Waals surface area contributed by atoms with Crippen LogP contribution in [0.15, 0.2) is 30.5 Å². The number of nitrogens with zero attached hydrogens (tertiary/aromatic N) is 1. The van der Waals surface area contributed by atoms with E-state index in [1.54, 1.807) is 6.20 Å². The minimum atomic E-state index is -4.29. The van der Waals surface area contributed by atoms with Crippen LogP contribution in [-0.2, 0) is 19.3 Å². The number of hydrogen-bond donors (Lipinski definition) is 1. The highest BCUT2D eigenvalue weighted by Gasteiger charge is 2.29. The summed E-state index contributed by atoms with van der Waals surface area (Å²) in [5, 5.41) is 3.94. The van der Waals surface area contributed by atoms with E-state index in [2.05, 4.69) is 10.3 Å². The number of benzene rings is 1. The maximum absolute atomic E-state index is 12.4. The lowest BCUT2D eigenvalue weighted by Gasteiger charge is -2.08. The lowest BCUT2D eigenvalue weighted by Crippen LogP contribution is -2.12. The molecule has 2 aromatic rings. The number of aromatic nitrogens is 1. The minimum absolute atomic E-state index is 0.481. The van der Waals surface area contributed by atoms with Crippen LogP contribution < -0.4 is 5.32 Å². The predicted octanol–water partition coefficient (Wildman–Crippen LogP) is 4.11. The van der Waals surface area contributed by atoms with Crippen molar-refractivity contribution in [2.24, 2.45) is 0 Å². The average molecular weight is 307 g/mol. The Morgan fingerprint density at radius 1 is 1.16 bits per heavy atom. The number of halogens is 4. The summed E-state index contributed by atoms with van der Waals surface area (Å²) in [5.41, 5.74) is 0.151. The van der Waals surface area contributed by atoms with Gasteiger partial charge >= 0.3 is 6.18 Å². The Balaban J connectivity index is 1.86. The van der Waals surface area contributed by atoms with Gasteiger partial charge < -0.3 is 5.32 Å². The summed E-state index contributed by atoms with van der Waals surface area (Å²) in [5.74, 6) is 0. The Kier molecular flexibility index (Phi) is 4.44. The second kappa shape index (κ2) is 5.90. The van der Waals surface area contributed by atoms with Crippen molar-refractivity contribution < 1.29 is 13.2 Å². The summed E-state index contributed by atoms with van der Waals surface area (Å²) in [7, 11) is 0. The molecule has 7 heteroatoms. The largest absolute Gasteiger partial charge is 0.416 e. The van der Waals surface area contributed by atoms with E-state index in [0.717, 1.165) is 22.7 Å². The molecule has 0 radical (unpaired) electrons. The molecule has 0 aliphatic rings. The molecule has 1 aromatic carbocycles. The first kappa shape index (κ1) is 14.3. The third-order valence-electron chi connectivity index (χ3n) is 2.41. The van der Waals surface area contributed by atoms with Gasteiger partial charge in [-0.1, -0.05) is 23.7 Å². The molecule has 0 saturated carbocycles. The Morgan fingerprint density at radius 3 is 2.37 bits per heavy atom. The number of nitrogens with one attached hydrogen (secondary N) is 1. The number of alkyl halides is 3. The first-order valence-electron chi connectivity index (χ1n) is 5.42. The molecular formula is C12H10ClF3N2S. The zero-order chi connectivity index (χ0) is 13.9. The molecule has 0 aliphatic heterocycles. The van der Waals surface area contributed by atoms with Gasteiger partial charge in [0.15, 0.2) is 0 Å². The third kappa shape index (κ3) is 4.19. The molecule has 2 nitrogen and oxygen atoms in total. The fourth-order valence-electron chi connectivity index (χ4n) is 1.50. The second-order valence-corrected chi connectivity index (χ2v) is 5.60. The molecule has 1 N–H and O–H groups in total. The van der Waals surface area contributed by atoms with Gasteiger partial charge in [0, 0.05) is 13.1 Å². The van der Waals surface area contributed by atoms with E-state index in [9.17, 15) is 13.2 Å². The zero-order valence-electron chi connectivity index (χ0n) is 9.67. The smallest absolute Gasteiger partial charge is 0.306 e. The summed E-state index contributed by atoms with van der Waals surface area (Å²) in [6.45, 7) is 1.02. The quantitative estimate of drug-likeness (QED) is 0.919. The van der Waals surface area contributed by atoms with Crippen LogP contribution in [0.25, 0.3) is 0 Å². The van der Waals surface area contributed by atoms with E-state index in [1.165, 1.54) is 23.5 Å². The predicted molar refractivity (Wildman–Crippen MR) is 69.1 cm³/mol. The lowest BCUT2D eigenvalue weighted by atomic mass is 10.1. The van der Waals surface area contributed by atoms with E-state index in [0.29, 0.717) is 17.4 Å². The van der Waals surface area contributed by atoms with Crippen LogP contribution in [0.2, 0.25) is 4.34 Å². The fourth-order valence-corrected chi connectivity index (χ4v) is 2.42. The molecule has 2 rings (SSSR count). The second-order valence-electron chi connectivity index (χ2n) is 3.86. The van der Waals surface area contributed by atoms with Gasteiger partial charge in [-0.05, 0) is 17.7 Å². The summed E-state index contributed by atoms with van der Waals surface area (Å²) >= 11 is 7.11. The van der Waals surface area contributed by atoms with Crippen molar-refractivity contribution in [3.05, 3.63) is 50.9 Å². The van der Waals surface area contributed by atoms with Crippen molar-refractivity contribution in [1.82, 2.24) is 10.3 Å². The van der Waals surface area contributed by atoms with Crippen molar-refractivity contribution in [1.29, 1.82) is 0 Å². The van der Waals surface area contributed by atoms with Crippen molar-refractivity contribution in [2.45, 2.75) is 19.3 Å². The number of thiazole rings is 1. The Labute approximate surface area is 117 Å². The topological polar surface area (TPSA) is 24.9 Å². The molecule has 102 valence electrons. The monoisotopic (exact) mass is 306 g/mol. The van der Waals surface area contributed by atoms with Crippen LogP contribution in [0.3, 0.4) is 0 Å². The average Bonchev–Trinajstić information content (AvgIpc) is 2.75. The first-order valence-corrected chi connectivity index (χ1v) is 6.61. The van der Waals surface area contributed by atoms with E-state index >= 15 is 0 Å². The maximum atomic E-state index is 12.4. The highest BCUT2D eigenvalue weighted by molar-refractivity contribution is 7.15. The van der Waals surface area contributed by atoms with Crippen molar-refractivity contribution >= 4 is 22.9 Å². The van der Waals surface area contributed by atoms with Gasteiger partial charge in [-0.25, -0.2) is 4.98 Å². The Bertz CT molecular complexity index is 537. The Morgan fingerprint density at radius 2 is 1.84 bits per heavy atom. The van der Waals surface area contributed by atoms with E-state index in [-0.39, 0.29) is 0 Å². The number of hydrogen-bond acceptors (Lipinski definition) is 3. The van der Waals surface area contributed by atoms with Crippen molar-refractivity contribution in [2.75, 3.05) is 0 Å². The van der Waals surface area contributed by atoms with Crippen molar-refractivity contribution in [3.63, 3.8) is 0 Å². The van der Waals surface area contributed by atoms with E-state index in [4.69, 9.17) is 11.6 Å². The van der Waals surface area contributed by atoms with E-state index < -0.39 is 11.7 Å². The standard InChI is InChI=1S/C12H10ClF3N2S/c13-10-6-18-11(19-10)7-17-5-8-1-3-9(4-2-8)12(14,15)16/h1-4,6,17H,5,7H2. The van der Waals surface area contributed by atoms with Crippen LogP contribution in [0, 0.1) is 0 Å². The molecule has 0 aliphatic carbocycles. The van der Waals surface area contributed by atoms with Crippen LogP contribution in [-0.4, -0.2) is 4.98 Å². The molecule has 0 amide bonds. The summed E-state index contributed by atoms with van der Waals surface area (Å²) in [4.78, 5) is 4.07. The molecule has 0 fully saturated rings. The molecule has 1 aromatic heterocycles. The minimum Gasteiger partial charge on any atom is -0.306 e. The summed E-state index contributed by atoms with van der Waals surface area (Å²) in [6.07, 6.45) is -2.72. The van der Waals surface area contributed by atoms with Gasteiger partial charge in [0.2, 0.25) is 0 Å². The molecule has 0 saturated heterocycles. The van der Waals surface area contributed by atoms with Crippen molar-refractivity contribution in [3.8, 4) is 0 Å². The lowest BCUT2D eigenvalue weighted by molar-refractivity contribution is -0.137. The summed E-state index contributed by atoms with van der Waals surface area (Å²) < 4.78 is 37.7. The van der Waals surface area contributed by atoms with Gasteiger partial charge in [-0.2, -0.15) is 13.2 Å². The van der Waals surface area contributed by atoms with Gasteiger partial charge in [0.1, 0.15) is 9.34 Å². The molecule has 1 heterocycles. The molecule has 0 unspecified atom stereocenters. The zero-order valence-corrected chi connectivity index (χ0v) is 11.2. The van der Waals surface area contributed by atoms with Crippen LogP contribution in [0.5, 0.6) is 0 Å². The van der Waals surface area contributed by atoms with Gasteiger partial charge in [0.05, 0.1) is 11.8 Å². The van der Waals surface area contributed by atoms with Gasteiger partial charge in [-0.15, -0.1) is 11.3 Å². The van der Waals surface area contributed by atoms with E-state index in [1.807, 2.05) is 0 Å². The number of rotatable bonds is 4. The highest BCUT2D eigenvalue weighted by atomic mass is 35.5. The molecule has 19 heavy (non-hydrogen) atoms. The SMILES string of the molecule is FC(F)(F)c1ccc(CNCc2ncc(Cl)s2)cc1. The van der Waals surface area contributed by atoms with Crippen LogP contribution in [0.1, 0.15) is 16.1 Å². The first-order chi connectivity index (χ1) is 8.95. The maximum Gasteiger partial charge on any atom is 0.416 e. The highest BCUT2D eigenvalue weighted by Crippen LogP contribution is 2.29. The molecule has 0 atom stereocenters. The van der Waals surface area contributed by atoms with Crippen LogP contribution in [0.4, 0.5) is 13.2 Å². The Hall–Kier alpha value is -1.11. The summed E-state index contributed by atoms with van der Waals surface area (Å²) in [6, 6.07) is 5.09. The molecule has 0 spiro atoms. The van der Waals surface area contributed by atoms with Gasteiger partial charge in [-0.3, -0.25) is 0 Å². The van der Waals surface area contributed by atoms with Crippen LogP contribution >= 0.6 is 22.9 Å². The molecular weight excluding hydrogens is 297 g/mol.